The third-order valence-electron chi connectivity index (χ3n) is 5.60. The topological polar surface area (TPSA) is 52.7 Å². The van der Waals surface area contributed by atoms with Gasteiger partial charge >= 0.3 is 6.03 Å². The molecule has 1 aromatic rings. The summed E-state index contributed by atoms with van der Waals surface area (Å²) in [6, 6.07) is 10.2. The standard InChI is InChI=1S/C20H29N3O2/c1-16-10-12-20(13-11-16)18(24)23(19(25)21-20)15-22(2)14-6-9-17-7-4-3-5-8-17/h3-5,7-8,16H,6,9-15H2,1-2H3,(H,21,25). The van der Waals surface area contributed by atoms with E-state index in [0.29, 0.717) is 12.6 Å². The highest BCUT2D eigenvalue weighted by atomic mass is 16.2. The number of amides is 3. The minimum absolute atomic E-state index is 0.0284. The molecule has 0 radical (unpaired) electrons. The van der Waals surface area contributed by atoms with E-state index in [1.165, 1.54) is 10.5 Å². The minimum Gasteiger partial charge on any atom is -0.323 e. The Morgan fingerprint density at radius 2 is 1.88 bits per heavy atom. The molecule has 1 aromatic carbocycles. The predicted molar refractivity (Wildman–Crippen MR) is 98.0 cm³/mol. The van der Waals surface area contributed by atoms with Crippen LogP contribution in [0.2, 0.25) is 0 Å². The number of carbonyl (C=O) groups is 2. The van der Waals surface area contributed by atoms with Gasteiger partial charge in [-0.15, -0.1) is 0 Å². The van der Waals surface area contributed by atoms with Crippen molar-refractivity contribution in [1.29, 1.82) is 0 Å². The van der Waals surface area contributed by atoms with E-state index in [1.54, 1.807) is 0 Å². The number of urea groups is 1. The first-order valence-corrected chi connectivity index (χ1v) is 9.37. The van der Waals surface area contributed by atoms with Crippen LogP contribution in [-0.4, -0.2) is 47.5 Å². The van der Waals surface area contributed by atoms with Crippen molar-refractivity contribution in [2.75, 3.05) is 20.3 Å². The van der Waals surface area contributed by atoms with Crippen LogP contribution in [0.5, 0.6) is 0 Å². The van der Waals surface area contributed by atoms with Crippen LogP contribution in [0.4, 0.5) is 4.79 Å². The second-order valence-corrected chi connectivity index (χ2v) is 7.74. The summed E-state index contributed by atoms with van der Waals surface area (Å²) in [7, 11) is 1.97. The zero-order valence-electron chi connectivity index (χ0n) is 15.3. The fourth-order valence-corrected chi connectivity index (χ4v) is 3.91. The van der Waals surface area contributed by atoms with Gasteiger partial charge in [-0.1, -0.05) is 37.3 Å². The van der Waals surface area contributed by atoms with Crippen molar-refractivity contribution in [1.82, 2.24) is 15.1 Å². The monoisotopic (exact) mass is 343 g/mol. The highest BCUT2D eigenvalue weighted by molar-refractivity contribution is 6.07. The number of aryl methyl sites for hydroxylation is 1. The number of hydrogen-bond donors (Lipinski definition) is 1. The number of imide groups is 1. The van der Waals surface area contributed by atoms with E-state index in [1.807, 2.05) is 13.1 Å². The van der Waals surface area contributed by atoms with E-state index in [0.717, 1.165) is 45.1 Å². The van der Waals surface area contributed by atoms with Crippen molar-refractivity contribution < 1.29 is 9.59 Å². The lowest BCUT2D eigenvalue weighted by atomic mass is 9.77. The van der Waals surface area contributed by atoms with Gasteiger partial charge in [-0.2, -0.15) is 0 Å². The van der Waals surface area contributed by atoms with Gasteiger partial charge in [0.05, 0.1) is 6.67 Å². The Balaban J connectivity index is 1.50. The molecule has 1 saturated carbocycles. The molecule has 0 atom stereocenters. The van der Waals surface area contributed by atoms with Gasteiger partial charge in [0.25, 0.3) is 5.91 Å². The van der Waals surface area contributed by atoms with Crippen LogP contribution in [0.1, 0.15) is 44.6 Å². The first-order chi connectivity index (χ1) is 12.0. The Morgan fingerprint density at radius 3 is 2.56 bits per heavy atom. The molecule has 1 aliphatic heterocycles. The molecule has 1 spiro atoms. The SMILES string of the molecule is CC1CCC2(CC1)NC(=O)N(CN(C)CCCc1ccccc1)C2=O. The first-order valence-electron chi connectivity index (χ1n) is 9.37. The molecule has 0 aromatic heterocycles. The van der Waals surface area contributed by atoms with Crippen molar-refractivity contribution in [3.8, 4) is 0 Å². The predicted octanol–water partition coefficient (Wildman–Crippen LogP) is 3.01. The number of benzene rings is 1. The molecule has 0 bridgehead atoms. The van der Waals surface area contributed by atoms with Crippen molar-refractivity contribution in [3.05, 3.63) is 35.9 Å². The van der Waals surface area contributed by atoms with Gasteiger partial charge in [-0.05, 0) is 63.6 Å². The zero-order valence-corrected chi connectivity index (χ0v) is 15.3. The molecular weight excluding hydrogens is 314 g/mol. The molecular formula is C20H29N3O2. The van der Waals surface area contributed by atoms with Crippen molar-refractivity contribution in [2.24, 2.45) is 5.92 Å². The number of hydrogen-bond acceptors (Lipinski definition) is 3. The van der Waals surface area contributed by atoms with Crippen molar-refractivity contribution in [2.45, 2.75) is 51.0 Å². The largest absolute Gasteiger partial charge is 0.326 e. The summed E-state index contributed by atoms with van der Waals surface area (Å²) in [5.41, 5.74) is 0.690. The zero-order chi connectivity index (χ0) is 17.9. The molecule has 5 heteroatoms. The smallest absolute Gasteiger partial charge is 0.323 e. The van der Waals surface area contributed by atoms with Gasteiger partial charge < -0.3 is 5.32 Å². The Kier molecular flexibility index (Phi) is 5.42. The average molecular weight is 343 g/mol. The molecule has 25 heavy (non-hydrogen) atoms. The maximum Gasteiger partial charge on any atom is 0.326 e. The Morgan fingerprint density at radius 1 is 1.20 bits per heavy atom. The third kappa shape index (κ3) is 4.03. The molecule has 1 N–H and O–H groups in total. The van der Waals surface area contributed by atoms with Gasteiger partial charge in [0.2, 0.25) is 0 Å². The molecule has 3 rings (SSSR count). The molecule has 1 heterocycles. The maximum atomic E-state index is 12.8. The number of nitrogens with zero attached hydrogens (tertiary/aromatic N) is 2. The van der Waals surface area contributed by atoms with Gasteiger partial charge in [-0.25, -0.2) is 9.69 Å². The molecule has 1 saturated heterocycles. The van der Waals surface area contributed by atoms with Crippen molar-refractivity contribution >= 4 is 11.9 Å². The van der Waals surface area contributed by atoms with Crippen LogP contribution in [0.25, 0.3) is 0 Å². The second-order valence-electron chi connectivity index (χ2n) is 7.74. The number of nitrogens with one attached hydrogen (secondary N) is 1. The van der Waals surface area contributed by atoms with E-state index in [4.69, 9.17) is 0 Å². The highest BCUT2D eigenvalue weighted by Crippen LogP contribution is 2.36. The highest BCUT2D eigenvalue weighted by Gasteiger charge is 2.52. The average Bonchev–Trinajstić information content (AvgIpc) is 2.83. The lowest BCUT2D eigenvalue weighted by Crippen LogP contribution is -2.49. The second kappa shape index (κ2) is 7.56. The van der Waals surface area contributed by atoms with E-state index in [2.05, 4.69) is 41.4 Å². The Labute approximate surface area is 150 Å². The van der Waals surface area contributed by atoms with E-state index in [-0.39, 0.29) is 11.9 Å². The first kappa shape index (κ1) is 17.9. The molecule has 5 nitrogen and oxygen atoms in total. The number of carbonyl (C=O) groups excluding carboxylic acids is 2. The van der Waals surface area contributed by atoms with Crippen LogP contribution in [0.15, 0.2) is 30.3 Å². The maximum absolute atomic E-state index is 12.8. The molecule has 0 unspecified atom stereocenters. The summed E-state index contributed by atoms with van der Waals surface area (Å²) in [6.45, 7) is 3.44. The molecule has 2 aliphatic rings. The summed E-state index contributed by atoms with van der Waals surface area (Å²) < 4.78 is 0. The minimum atomic E-state index is -0.630. The molecule has 2 fully saturated rings. The van der Waals surface area contributed by atoms with Gasteiger partial charge in [0.1, 0.15) is 5.54 Å². The van der Waals surface area contributed by atoms with Gasteiger partial charge in [0, 0.05) is 0 Å². The fourth-order valence-electron chi connectivity index (χ4n) is 3.91. The summed E-state index contributed by atoms with van der Waals surface area (Å²) in [4.78, 5) is 28.6. The van der Waals surface area contributed by atoms with Crippen LogP contribution >= 0.6 is 0 Å². The summed E-state index contributed by atoms with van der Waals surface area (Å²) >= 11 is 0. The molecule has 136 valence electrons. The Hall–Kier alpha value is -1.88. The molecule has 3 amide bonds. The molecule has 1 aliphatic carbocycles. The quantitative estimate of drug-likeness (QED) is 0.808. The van der Waals surface area contributed by atoms with Gasteiger partial charge in [0.15, 0.2) is 0 Å². The lowest BCUT2D eigenvalue weighted by molar-refractivity contribution is -0.134. The van der Waals surface area contributed by atoms with Crippen LogP contribution in [0, 0.1) is 5.92 Å². The van der Waals surface area contributed by atoms with E-state index >= 15 is 0 Å². The number of rotatable bonds is 6. The third-order valence-corrected chi connectivity index (χ3v) is 5.60. The summed E-state index contributed by atoms with van der Waals surface area (Å²) in [6.07, 6.45) is 5.57. The lowest BCUT2D eigenvalue weighted by Gasteiger charge is -2.33. The fraction of sp³-hybridized carbons (Fsp3) is 0.600. The Bertz CT molecular complexity index is 609. The van der Waals surface area contributed by atoms with Crippen molar-refractivity contribution in [3.63, 3.8) is 0 Å². The van der Waals surface area contributed by atoms with Gasteiger partial charge in [-0.3, -0.25) is 9.69 Å². The van der Waals surface area contributed by atoms with E-state index in [9.17, 15) is 9.59 Å². The normalized spacial score (nSPS) is 26.5. The summed E-state index contributed by atoms with van der Waals surface area (Å²) in [5.74, 6) is 0.615. The van der Waals surface area contributed by atoms with E-state index < -0.39 is 5.54 Å². The van der Waals surface area contributed by atoms with Crippen LogP contribution < -0.4 is 5.32 Å². The van der Waals surface area contributed by atoms with Crippen LogP contribution in [-0.2, 0) is 11.2 Å². The summed E-state index contributed by atoms with van der Waals surface area (Å²) in [5, 5.41) is 2.99. The van der Waals surface area contributed by atoms with Crippen LogP contribution in [0.3, 0.4) is 0 Å².